The third kappa shape index (κ3) is 6.76. The molecule has 2 aliphatic heterocycles. The monoisotopic (exact) mass is 730 g/mol. The summed E-state index contributed by atoms with van der Waals surface area (Å²) in [5.41, 5.74) is 6.92. The second-order valence-corrected chi connectivity index (χ2v) is 14.6. The smallest absolute Gasteiger partial charge is 0.405 e. The minimum Gasteiger partial charge on any atom is -0.465 e. The van der Waals surface area contributed by atoms with Gasteiger partial charge in [-0.2, -0.15) is 0 Å². The maximum atomic E-state index is 11.9. The second kappa shape index (κ2) is 14.9. The van der Waals surface area contributed by atoms with Crippen molar-refractivity contribution in [3.05, 3.63) is 83.7 Å². The van der Waals surface area contributed by atoms with E-state index >= 15 is 0 Å². The molecular weight excluding hydrogens is 688 g/mol. The van der Waals surface area contributed by atoms with Gasteiger partial charge >= 0.3 is 12.2 Å². The van der Waals surface area contributed by atoms with Crippen molar-refractivity contribution in [1.82, 2.24) is 40.4 Å². The van der Waals surface area contributed by atoms with E-state index in [9.17, 15) is 29.4 Å². The number of H-pyrrole nitrogens is 2. The molecule has 14 heteroatoms. The quantitative estimate of drug-likeness (QED) is 0.119. The number of carbonyl (C=O) groups excluding carboxylic acids is 2. The number of nitrogens with zero attached hydrogens (tertiary/aromatic N) is 4. The average Bonchev–Trinajstić information content (AvgIpc) is 4.02. The minimum atomic E-state index is -1.13. The van der Waals surface area contributed by atoms with Crippen LogP contribution in [0.4, 0.5) is 9.59 Å². The van der Waals surface area contributed by atoms with Crippen LogP contribution in [0.5, 0.6) is 0 Å². The van der Waals surface area contributed by atoms with Gasteiger partial charge in [0.2, 0.25) is 0 Å². The Morgan fingerprint density at radius 3 is 1.35 bits per heavy atom. The van der Waals surface area contributed by atoms with Gasteiger partial charge in [0.05, 0.1) is 59.1 Å². The predicted molar refractivity (Wildman–Crippen MR) is 199 cm³/mol. The van der Waals surface area contributed by atoms with E-state index in [-0.39, 0.29) is 24.2 Å². The molecule has 14 nitrogen and oxygen atoms in total. The van der Waals surface area contributed by atoms with E-state index < -0.39 is 24.3 Å². The molecule has 6 atom stereocenters. The summed E-state index contributed by atoms with van der Waals surface area (Å²) in [5, 5.41) is 23.3. The number of imidazole rings is 2. The van der Waals surface area contributed by atoms with Crippen molar-refractivity contribution in [3.63, 3.8) is 0 Å². The van der Waals surface area contributed by atoms with E-state index in [2.05, 4.69) is 78.9 Å². The van der Waals surface area contributed by atoms with Crippen molar-refractivity contribution in [1.29, 1.82) is 0 Å². The molecule has 2 saturated heterocycles. The van der Waals surface area contributed by atoms with Crippen molar-refractivity contribution in [3.8, 4) is 33.6 Å². The average molecular weight is 731 g/mol. The number of hydrogen-bond donors (Lipinski definition) is 6. The number of carboxylic acid groups (broad SMARTS) is 2. The molecule has 2 aromatic carbocycles. The van der Waals surface area contributed by atoms with Crippen LogP contribution in [-0.2, 0) is 9.59 Å². The first kappa shape index (κ1) is 35.3. The number of nitrogens with one attached hydrogen (secondary N) is 4. The number of amides is 2. The van der Waals surface area contributed by atoms with Crippen LogP contribution in [0.15, 0.2) is 72.1 Å². The molecule has 4 fully saturated rings. The van der Waals surface area contributed by atoms with Gasteiger partial charge in [0.1, 0.15) is 23.5 Å². The Balaban J connectivity index is 0.919. The zero-order valence-corrected chi connectivity index (χ0v) is 29.6. The summed E-state index contributed by atoms with van der Waals surface area (Å²) >= 11 is 0. The van der Waals surface area contributed by atoms with Gasteiger partial charge < -0.3 is 30.8 Å². The number of benzene rings is 2. The molecule has 0 bridgehead atoms. The minimum absolute atomic E-state index is 0.00652. The van der Waals surface area contributed by atoms with Gasteiger partial charge in [0.25, 0.3) is 0 Å². The molecule has 0 spiro atoms. The van der Waals surface area contributed by atoms with Gasteiger partial charge in [0.15, 0.2) is 0 Å². The molecule has 2 amide bonds. The second-order valence-electron chi connectivity index (χ2n) is 14.6. The van der Waals surface area contributed by atoms with Gasteiger partial charge in [-0.3, -0.25) is 9.80 Å². The van der Waals surface area contributed by atoms with E-state index in [4.69, 9.17) is 9.97 Å². The van der Waals surface area contributed by atoms with Gasteiger partial charge in [-0.05, 0) is 86.7 Å². The Morgan fingerprint density at radius 2 is 0.981 bits per heavy atom. The number of aromatic nitrogens is 4. The molecule has 4 aromatic rings. The Bertz CT molecular complexity index is 1980. The third-order valence-corrected chi connectivity index (χ3v) is 11.7. The molecule has 2 aromatic heterocycles. The summed E-state index contributed by atoms with van der Waals surface area (Å²) in [5.74, 6) is 5.77. The molecule has 2 aliphatic carbocycles. The molecule has 54 heavy (non-hydrogen) atoms. The number of rotatable bonds is 9. The summed E-state index contributed by atoms with van der Waals surface area (Å²) in [4.78, 5) is 67.3. The van der Waals surface area contributed by atoms with Crippen molar-refractivity contribution >= 4 is 24.1 Å². The lowest BCUT2D eigenvalue weighted by Gasteiger charge is -2.29. The first-order valence-electron chi connectivity index (χ1n) is 18.6. The summed E-state index contributed by atoms with van der Waals surface area (Å²) < 4.78 is 0. The van der Waals surface area contributed by atoms with E-state index in [0.717, 1.165) is 84.1 Å². The number of likely N-dealkylation sites (tertiary alicyclic amines) is 2. The Morgan fingerprint density at radius 1 is 0.593 bits per heavy atom. The standard InChI is InChI=1S/C40H42N8O6/c49-21-27-29(45-39(51)52)13-15-33(27)47-17-1-3-35(47)37-41-19-31(43-37)25-9-5-23(6-10-25)24-7-11-26(12-8-24)32-20-42-38(44-32)36-4-2-18-48(36)34-16-14-30(28(34)22-50)46-40(53)54/h5-12,19-20,29-30,33-36,45-46H,1-4,13-18H2,(H,41,43)(H,42,44)(H,51,52)(H,53,54)/t29-,30?,33+,34?,35+,36?/m1/s1. The van der Waals surface area contributed by atoms with E-state index in [1.54, 1.807) is 0 Å². The fraction of sp³-hybridized carbons (Fsp3) is 0.400. The third-order valence-electron chi connectivity index (χ3n) is 11.7. The highest BCUT2D eigenvalue weighted by atomic mass is 16.4. The lowest BCUT2D eigenvalue weighted by molar-refractivity contribution is 0.189. The van der Waals surface area contributed by atoms with Crippen molar-refractivity contribution in [2.24, 2.45) is 0 Å². The van der Waals surface area contributed by atoms with Crippen LogP contribution in [-0.4, -0.2) is 101 Å². The molecule has 278 valence electrons. The molecule has 8 rings (SSSR count). The van der Waals surface area contributed by atoms with Crippen molar-refractivity contribution < 1.29 is 29.4 Å². The normalized spacial score (nSPS) is 25.9. The first-order valence-corrected chi connectivity index (χ1v) is 18.6. The van der Waals surface area contributed by atoms with Crippen LogP contribution in [0.3, 0.4) is 0 Å². The topological polar surface area (TPSA) is 197 Å². The Labute approximate surface area is 311 Å². The molecule has 6 N–H and O–H groups in total. The predicted octanol–water partition coefficient (Wildman–Crippen LogP) is 5.52. The molecule has 2 saturated carbocycles. The van der Waals surface area contributed by atoms with Crippen LogP contribution in [0, 0.1) is 0 Å². The molecule has 0 radical (unpaired) electrons. The lowest BCUT2D eigenvalue weighted by atomic mass is 10.0. The maximum Gasteiger partial charge on any atom is 0.405 e. The van der Waals surface area contributed by atoms with Crippen LogP contribution < -0.4 is 10.6 Å². The van der Waals surface area contributed by atoms with E-state index in [0.29, 0.717) is 36.8 Å². The van der Waals surface area contributed by atoms with Crippen LogP contribution >= 0.6 is 0 Å². The van der Waals surface area contributed by atoms with E-state index in [1.807, 2.05) is 24.3 Å². The molecule has 4 aliphatic rings. The Hall–Kier alpha value is -5.78. The summed E-state index contributed by atoms with van der Waals surface area (Å²) in [7, 11) is 0. The molecule has 4 heterocycles. The maximum absolute atomic E-state index is 11.9. The fourth-order valence-electron chi connectivity index (χ4n) is 9.20. The van der Waals surface area contributed by atoms with Gasteiger partial charge in [-0.1, -0.05) is 48.5 Å². The SMILES string of the molecule is O=C=C1C(NC(=O)O)CCC1N1CCCC1c1ncc(-c2ccc(-c3ccc(-c4cnc([C@@H]5CCCN5[C@H]5CC[C@@H](NC(=O)O)C5=C=O)[nH]4)cc3)cc2)[nH]1. The van der Waals surface area contributed by atoms with Gasteiger partial charge in [-0.25, -0.2) is 29.1 Å². The van der Waals surface area contributed by atoms with Crippen LogP contribution in [0.1, 0.15) is 75.1 Å². The lowest BCUT2D eigenvalue weighted by Crippen LogP contribution is -2.39. The summed E-state index contributed by atoms with van der Waals surface area (Å²) in [6.45, 7) is 1.62. The number of carbonyl (C=O) groups is 2. The highest BCUT2D eigenvalue weighted by molar-refractivity contribution is 5.72. The molecule has 3 unspecified atom stereocenters. The molecular formula is C40H42N8O6. The largest absolute Gasteiger partial charge is 0.465 e. The fourth-order valence-corrected chi connectivity index (χ4v) is 9.20. The summed E-state index contributed by atoms with van der Waals surface area (Å²) in [6, 6.07) is 15.4. The van der Waals surface area contributed by atoms with Crippen molar-refractivity contribution in [2.75, 3.05) is 13.1 Å². The highest BCUT2D eigenvalue weighted by Crippen LogP contribution is 2.41. The highest BCUT2D eigenvalue weighted by Gasteiger charge is 2.43. The van der Waals surface area contributed by atoms with E-state index in [1.165, 1.54) is 0 Å². The van der Waals surface area contributed by atoms with Gasteiger partial charge in [-0.15, -0.1) is 0 Å². The van der Waals surface area contributed by atoms with Gasteiger partial charge in [0, 0.05) is 12.1 Å². The van der Waals surface area contributed by atoms with Crippen molar-refractivity contribution in [2.45, 2.75) is 87.6 Å². The summed E-state index contributed by atoms with van der Waals surface area (Å²) in [6.07, 6.45) is 7.70. The first-order chi connectivity index (χ1) is 26.3. The van der Waals surface area contributed by atoms with Crippen LogP contribution in [0.25, 0.3) is 33.6 Å². The van der Waals surface area contributed by atoms with Crippen LogP contribution in [0.2, 0.25) is 0 Å². The Kier molecular flexibility index (Phi) is 9.74. The zero-order chi connectivity index (χ0) is 37.3. The zero-order valence-electron chi connectivity index (χ0n) is 29.6. The number of aromatic amines is 2. The number of hydrogen-bond acceptors (Lipinski definition) is 8.